The largest absolute Gasteiger partial charge is 0.417 e. The topological polar surface area (TPSA) is 135 Å². The molecule has 0 radical (unpaired) electrons. The molecule has 48 heavy (non-hydrogen) atoms. The van der Waals surface area contributed by atoms with Gasteiger partial charge in [0.2, 0.25) is 0 Å². The Bertz CT molecular complexity index is 2010. The Kier molecular flexibility index (Phi) is 12.1. The molecule has 0 atom stereocenters. The number of Topliss-reactive ketones (excluding diaryl/α,β-unsaturated/α-hetero) is 2. The van der Waals surface area contributed by atoms with Gasteiger partial charge in [-0.3, -0.25) is 9.59 Å². The first kappa shape index (κ1) is 36.3. The average Bonchev–Trinajstić information content (AvgIpc) is 3.54. The Labute approximate surface area is 281 Å². The van der Waals surface area contributed by atoms with Crippen molar-refractivity contribution < 1.29 is 33.0 Å². The van der Waals surface area contributed by atoms with Crippen molar-refractivity contribution in [1.29, 1.82) is 0 Å². The standard InChI is InChI=1S/C19H19N3O2S.C14H14F3N3O2S/c1-13-18(14(2)24)25-19(22(13)10-11-23)21-17-9-8-16(12-20-17)15-6-4-3-5-7-15;1-8-12(9(2)22)23-13(20(8)5-6-21)19-11-4-3-10(7-18-11)14(15,16)17/h3-9,12,23H,10-11H2,1-2H3;3-4,7,21H,5-6H2,1-2H3. The van der Waals surface area contributed by atoms with Crippen molar-refractivity contribution in [2.45, 2.75) is 47.0 Å². The van der Waals surface area contributed by atoms with Crippen LogP contribution in [0.15, 0.2) is 77.0 Å². The maximum atomic E-state index is 12.5. The minimum absolute atomic E-state index is 0.00280. The molecule has 0 amide bonds. The highest BCUT2D eigenvalue weighted by atomic mass is 32.1. The van der Waals surface area contributed by atoms with Gasteiger partial charge in [-0.2, -0.15) is 13.2 Å². The molecule has 0 spiro atoms. The van der Waals surface area contributed by atoms with E-state index in [4.69, 9.17) is 5.11 Å². The molecule has 4 heterocycles. The van der Waals surface area contributed by atoms with Gasteiger partial charge in [-0.1, -0.05) is 53.0 Å². The molecule has 0 aliphatic rings. The number of aliphatic hydroxyl groups is 2. The number of aliphatic hydroxyl groups excluding tert-OH is 2. The molecule has 0 unspecified atom stereocenters. The van der Waals surface area contributed by atoms with Crippen molar-refractivity contribution in [3.05, 3.63) is 103 Å². The second kappa shape index (κ2) is 16.0. The van der Waals surface area contributed by atoms with Crippen LogP contribution in [0.2, 0.25) is 0 Å². The molecule has 4 aromatic heterocycles. The fourth-order valence-electron chi connectivity index (χ4n) is 4.59. The molecule has 0 saturated carbocycles. The fourth-order valence-corrected chi connectivity index (χ4v) is 6.71. The lowest BCUT2D eigenvalue weighted by molar-refractivity contribution is -0.137. The van der Waals surface area contributed by atoms with E-state index in [1.54, 1.807) is 24.6 Å². The Hall–Kier alpha value is -4.57. The van der Waals surface area contributed by atoms with Gasteiger partial charge in [-0.15, -0.1) is 0 Å². The van der Waals surface area contributed by atoms with Gasteiger partial charge in [0.15, 0.2) is 32.8 Å². The molecule has 0 aliphatic carbocycles. The number of hydrogen-bond acceptors (Lipinski definition) is 10. The first-order chi connectivity index (χ1) is 22.8. The van der Waals surface area contributed by atoms with Crippen LogP contribution < -0.4 is 9.60 Å². The maximum Gasteiger partial charge on any atom is 0.417 e. The predicted octanol–water partition coefficient (Wildman–Crippen LogP) is 6.05. The molecule has 5 aromatic rings. The lowest BCUT2D eigenvalue weighted by atomic mass is 10.1. The van der Waals surface area contributed by atoms with Crippen molar-refractivity contribution in [3.8, 4) is 11.1 Å². The van der Waals surface area contributed by atoms with Crippen LogP contribution in [0.25, 0.3) is 11.1 Å². The van der Waals surface area contributed by atoms with Gasteiger partial charge in [0, 0.05) is 56.3 Å². The minimum Gasteiger partial charge on any atom is -0.395 e. The van der Waals surface area contributed by atoms with Crippen LogP contribution in [0.5, 0.6) is 0 Å². The average molecular weight is 699 g/mol. The lowest BCUT2D eigenvalue weighted by Gasteiger charge is -2.05. The molecule has 2 N–H and O–H groups in total. The molecule has 0 saturated heterocycles. The van der Waals surface area contributed by atoms with Crippen LogP contribution >= 0.6 is 22.7 Å². The van der Waals surface area contributed by atoms with Gasteiger partial charge in [0.05, 0.1) is 28.5 Å². The Morgan fingerprint density at radius 2 is 1.21 bits per heavy atom. The second-order valence-electron chi connectivity index (χ2n) is 10.4. The summed E-state index contributed by atoms with van der Waals surface area (Å²) in [5.41, 5.74) is 2.75. The fraction of sp³-hybridized carbons (Fsp3) is 0.273. The van der Waals surface area contributed by atoms with Gasteiger partial charge < -0.3 is 19.3 Å². The number of halogens is 3. The number of thiazole rings is 2. The minimum atomic E-state index is -4.45. The number of benzene rings is 1. The van der Waals surface area contributed by atoms with E-state index in [9.17, 15) is 27.9 Å². The van der Waals surface area contributed by atoms with E-state index in [2.05, 4.69) is 20.0 Å². The van der Waals surface area contributed by atoms with Crippen LogP contribution in [0, 0.1) is 13.8 Å². The number of carbonyl (C=O) groups is 2. The van der Waals surface area contributed by atoms with Gasteiger partial charge in [-0.25, -0.2) is 20.0 Å². The normalized spacial score (nSPS) is 12.2. The van der Waals surface area contributed by atoms with Gasteiger partial charge in [0.1, 0.15) is 0 Å². The van der Waals surface area contributed by atoms with E-state index in [0.717, 1.165) is 40.3 Å². The van der Waals surface area contributed by atoms with Crippen LogP contribution in [0.4, 0.5) is 24.8 Å². The summed E-state index contributed by atoms with van der Waals surface area (Å²) >= 11 is 2.44. The van der Waals surface area contributed by atoms with Crippen molar-refractivity contribution in [3.63, 3.8) is 0 Å². The zero-order chi connectivity index (χ0) is 35.0. The van der Waals surface area contributed by atoms with Gasteiger partial charge in [0.25, 0.3) is 0 Å². The lowest BCUT2D eigenvalue weighted by Crippen LogP contribution is -2.18. The summed E-state index contributed by atoms with van der Waals surface area (Å²) in [7, 11) is 0. The number of carbonyl (C=O) groups excluding carboxylic acids is 2. The van der Waals surface area contributed by atoms with E-state index >= 15 is 0 Å². The number of pyridine rings is 2. The highest BCUT2D eigenvalue weighted by Gasteiger charge is 2.30. The zero-order valence-electron chi connectivity index (χ0n) is 26.5. The number of aromatic nitrogens is 4. The van der Waals surface area contributed by atoms with Crippen molar-refractivity contribution in [1.82, 2.24) is 19.1 Å². The van der Waals surface area contributed by atoms with Crippen molar-refractivity contribution in [2.24, 2.45) is 9.98 Å². The Balaban J connectivity index is 0.000000218. The maximum absolute atomic E-state index is 12.5. The second-order valence-corrected chi connectivity index (χ2v) is 12.3. The molecule has 0 aliphatic heterocycles. The molecule has 1 aromatic carbocycles. The third-order valence-corrected chi connectivity index (χ3v) is 9.52. The SMILES string of the molecule is CC(=O)c1sc(=Nc2ccc(-c3ccccc3)cn2)n(CCO)c1C.CC(=O)c1sc(=Nc2ccc(C(F)(F)F)cn2)n(CCO)c1C. The highest BCUT2D eigenvalue weighted by molar-refractivity contribution is 7.11. The van der Waals surface area contributed by atoms with Crippen LogP contribution in [-0.2, 0) is 19.3 Å². The number of nitrogens with zero attached hydrogens (tertiary/aromatic N) is 6. The summed E-state index contributed by atoms with van der Waals surface area (Å²) in [6, 6.07) is 15.9. The molecular formula is C33H33F3N6O4S2. The van der Waals surface area contributed by atoms with Crippen molar-refractivity contribution in [2.75, 3.05) is 13.2 Å². The molecule has 252 valence electrons. The van der Waals surface area contributed by atoms with E-state index in [-0.39, 0.29) is 37.1 Å². The molecule has 5 rings (SSSR count). The monoisotopic (exact) mass is 698 g/mol. The van der Waals surface area contributed by atoms with E-state index in [1.807, 2.05) is 54.0 Å². The number of hydrogen-bond donors (Lipinski definition) is 2. The predicted molar refractivity (Wildman–Crippen MR) is 178 cm³/mol. The zero-order valence-corrected chi connectivity index (χ0v) is 28.2. The summed E-state index contributed by atoms with van der Waals surface area (Å²) in [6.45, 7) is 7.02. The van der Waals surface area contributed by atoms with E-state index in [1.165, 1.54) is 18.3 Å². The summed E-state index contributed by atoms with van der Waals surface area (Å²) in [6.07, 6.45) is -1.96. The van der Waals surface area contributed by atoms with Gasteiger partial charge in [-0.05, 0) is 43.7 Å². The molecule has 0 bridgehead atoms. The smallest absolute Gasteiger partial charge is 0.395 e. The molecule has 15 heteroatoms. The summed E-state index contributed by atoms with van der Waals surface area (Å²) in [5, 5.41) is 18.4. The first-order valence-electron chi connectivity index (χ1n) is 14.6. The van der Waals surface area contributed by atoms with Crippen LogP contribution in [0.1, 0.15) is 50.1 Å². The summed E-state index contributed by atoms with van der Waals surface area (Å²) < 4.78 is 41.0. The van der Waals surface area contributed by atoms with Crippen LogP contribution in [0.3, 0.4) is 0 Å². The summed E-state index contributed by atoms with van der Waals surface area (Å²) in [4.78, 5) is 42.4. The Morgan fingerprint density at radius 3 is 1.58 bits per heavy atom. The van der Waals surface area contributed by atoms with Gasteiger partial charge >= 0.3 is 6.18 Å². The highest BCUT2D eigenvalue weighted by Crippen LogP contribution is 2.29. The molecular weight excluding hydrogens is 666 g/mol. The Morgan fingerprint density at radius 1 is 0.729 bits per heavy atom. The van der Waals surface area contributed by atoms with E-state index < -0.39 is 11.7 Å². The first-order valence-corrected chi connectivity index (χ1v) is 16.3. The van der Waals surface area contributed by atoms with Crippen LogP contribution in [-0.4, -0.2) is 54.1 Å². The molecule has 10 nitrogen and oxygen atoms in total. The molecule has 0 fully saturated rings. The number of rotatable bonds is 9. The number of alkyl halides is 3. The number of ketones is 2. The quantitative estimate of drug-likeness (QED) is 0.180. The third kappa shape index (κ3) is 8.86. The summed E-state index contributed by atoms with van der Waals surface area (Å²) in [5.74, 6) is 0.535. The third-order valence-electron chi connectivity index (χ3n) is 6.95. The van der Waals surface area contributed by atoms with E-state index in [0.29, 0.717) is 43.6 Å². The van der Waals surface area contributed by atoms with Crippen molar-refractivity contribution >= 4 is 45.9 Å².